The minimum absolute atomic E-state index is 0.340. The molecule has 1 aromatic carbocycles. The molecule has 1 aromatic heterocycles. The molecule has 0 unspecified atom stereocenters. The smallest absolute Gasteiger partial charge is 0.295 e. The van der Waals surface area contributed by atoms with Crippen LogP contribution in [0.1, 0.15) is 12.5 Å². The van der Waals surface area contributed by atoms with E-state index in [2.05, 4.69) is 20.9 Å². The van der Waals surface area contributed by atoms with Crippen LogP contribution in [-0.2, 0) is 6.42 Å². The van der Waals surface area contributed by atoms with Crippen molar-refractivity contribution in [3.05, 3.63) is 60.0 Å². The number of rotatable bonds is 2. The van der Waals surface area contributed by atoms with Gasteiger partial charge in [-0.15, -0.1) is 0 Å². The maximum atomic E-state index is 13.5. The summed E-state index contributed by atoms with van der Waals surface area (Å²) in [4.78, 5) is 25.7. The van der Waals surface area contributed by atoms with Crippen LogP contribution in [-0.4, -0.2) is 9.55 Å². The lowest BCUT2D eigenvalue weighted by Crippen LogP contribution is -2.36. The number of benzene rings is 1. The molecule has 0 fully saturated rings. The van der Waals surface area contributed by atoms with E-state index in [1.54, 1.807) is 18.2 Å². The minimum Gasteiger partial charge on any atom is -0.295 e. The van der Waals surface area contributed by atoms with Crippen molar-refractivity contribution in [1.82, 2.24) is 9.55 Å². The normalized spacial score (nSPS) is 10.7. The number of aryl methyl sites for hydroxylation is 1. The molecular weight excluding hydrogens is 338 g/mol. The molecule has 1 N–H and O–H groups in total. The Bertz CT molecular complexity index is 754. The van der Waals surface area contributed by atoms with E-state index in [1.807, 2.05) is 6.92 Å². The molecule has 2 rings (SSSR count). The first kappa shape index (κ1) is 14.0. The number of hydrogen-bond acceptors (Lipinski definition) is 2. The van der Waals surface area contributed by atoms with Gasteiger partial charge in [-0.2, -0.15) is 4.39 Å². The molecule has 19 heavy (non-hydrogen) atoms. The van der Waals surface area contributed by atoms with Crippen LogP contribution in [0.2, 0.25) is 5.15 Å². The van der Waals surface area contributed by atoms with Gasteiger partial charge in [0.2, 0.25) is 5.82 Å². The van der Waals surface area contributed by atoms with E-state index in [9.17, 15) is 14.0 Å². The van der Waals surface area contributed by atoms with Gasteiger partial charge in [0.15, 0.2) is 5.15 Å². The van der Waals surface area contributed by atoms with Crippen molar-refractivity contribution in [1.29, 1.82) is 0 Å². The number of aromatic nitrogens is 2. The fourth-order valence-corrected chi connectivity index (χ4v) is 2.33. The number of H-pyrrole nitrogens is 1. The monoisotopic (exact) mass is 346 g/mol. The highest BCUT2D eigenvalue weighted by atomic mass is 79.9. The molecule has 0 bridgehead atoms. The lowest BCUT2D eigenvalue weighted by molar-refractivity contribution is 0.584. The number of aromatic amines is 1. The predicted molar refractivity (Wildman–Crippen MR) is 74.7 cm³/mol. The van der Waals surface area contributed by atoms with E-state index in [4.69, 9.17) is 11.6 Å². The second-order valence-corrected chi connectivity index (χ2v) is 5.12. The van der Waals surface area contributed by atoms with Crippen LogP contribution < -0.4 is 11.2 Å². The third-order valence-electron chi connectivity index (χ3n) is 2.67. The van der Waals surface area contributed by atoms with Gasteiger partial charge in [-0.3, -0.25) is 9.78 Å². The lowest BCUT2D eigenvalue weighted by Gasteiger charge is -2.10. The zero-order valence-electron chi connectivity index (χ0n) is 9.84. The Labute approximate surface area is 121 Å². The quantitative estimate of drug-likeness (QED) is 0.849. The Morgan fingerprint density at radius 3 is 2.74 bits per heavy atom. The molecule has 7 heteroatoms. The van der Waals surface area contributed by atoms with Gasteiger partial charge >= 0.3 is 5.69 Å². The molecule has 1 heterocycles. The highest BCUT2D eigenvalue weighted by Crippen LogP contribution is 2.19. The number of halogens is 3. The van der Waals surface area contributed by atoms with Gasteiger partial charge < -0.3 is 0 Å². The topological polar surface area (TPSA) is 54.9 Å². The summed E-state index contributed by atoms with van der Waals surface area (Å²) in [6, 6.07) is 5.02. The molecule has 0 amide bonds. The predicted octanol–water partition coefficient (Wildman–Crippen LogP) is 2.64. The van der Waals surface area contributed by atoms with Gasteiger partial charge in [0.1, 0.15) is 0 Å². The van der Waals surface area contributed by atoms with Gasteiger partial charge in [0, 0.05) is 4.47 Å². The summed E-state index contributed by atoms with van der Waals surface area (Å²) in [5, 5.41) is -0.582. The Morgan fingerprint density at radius 2 is 2.11 bits per heavy atom. The van der Waals surface area contributed by atoms with Crippen LogP contribution >= 0.6 is 27.5 Å². The number of hydrogen-bond donors (Lipinski definition) is 1. The molecule has 0 saturated carbocycles. The highest BCUT2D eigenvalue weighted by molar-refractivity contribution is 9.10. The number of nitrogens with zero attached hydrogens (tertiary/aromatic N) is 1. The molecule has 0 saturated heterocycles. The van der Waals surface area contributed by atoms with Crippen molar-refractivity contribution in [2.75, 3.05) is 0 Å². The van der Waals surface area contributed by atoms with Crippen molar-refractivity contribution < 1.29 is 4.39 Å². The standard InChI is InChI=1S/C12H9BrClFN2O2/c1-2-6-5-7(13)3-4-8(6)17-11(18)9(15)10(14)16-12(17)19/h3-5H,2H2,1H3,(H,16,19). The van der Waals surface area contributed by atoms with Crippen molar-refractivity contribution in [3.8, 4) is 5.69 Å². The summed E-state index contributed by atoms with van der Waals surface area (Å²) >= 11 is 8.73. The first-order chi connectivity index (χ1) is 8.95. The highest BCUT2D eigenvalue weighted by Gasteiger charge is 2.15. The SMILES string of the molecule is CCc1cc(Br)ccc1-n1c(=O)[nH]c(Cl)c(F)c1=O. The van der Waals surface area contributed by atoms with E-state index >= 15 is 0 Å². The molecule has 100 valence electrons. The molecule has 0 aliphatic rings. The van der Waals surface area contributed by atoms with Crippen LogP contribution in [0.4, 0.5) is 4.39 Å². The molecule has 0 atom stereocenters. The third-order valence-corrected chi connectivity index (χ3v) is 3.42. The summed E-state index contributed by atoms with van der Waals surface area (Å²) < 4.78 is 15.1. The van der Waals surface area contributed by atoms with E-state index in [-0.39, 0.29) is 0 Å². The summed E-state index contributed by atoms with van der Waals surface area (Å²) in [6.07, 6.45) is 0.588. The van der Waals surface area contributed by atoms with Gasteiger partial charge in [-0.05, 0) is 30.2 Å². The summed E-state index contributed by atoms with van der Waals surface area (Å²) in [7, 11) is 0. The fourth-order valence-electron chi connectivity index (χ4n) is 1.76. The Morgan fingerprint density at radius 1 is 1.42 bits per heavy atom. The summed E-state index contributed by atoms with van der Waals surface area (Å²) in [6.45, 7) is 1.87. The number of nitrogens with one attached hydrogen (secondary N) is 1. The molecule has 2 aromatic rings. The van der Waals surface area contributed by atoms with Gasteiger partial charge in [-0.25, -0.2) is 9.36 Å². The first-order valence-electron chi connectivity index (χ1n) is 5.44. The maximum Gasteiger partial charge on any atom is 0.334 e. The molecule has 0 aliphatic carbocycles. The van der Waals surface area contributed by atoms with Crippen LogP contribution in [0, 0.1) is 5.82 Å². The van der Waals surface area contributed by atoms with E-state index in [0.717, 1.165) is 14.6 Å². The van der Waals surface area contributed by atoms with Crippen molar-refractivity contribution in [2.24, 2.45) is 0 Å². The van der Waals surface area contributed by atoms with Gasteiger partial charge in [0.25, 0.3) is 5.56 Å². The fraction of sp³-hybridized carbons (Fsp3) is 0.167. The van der Waals surface area contributed by atoms with E-state index < -0.39 is 22.2 Å². The second-order valence-electron chi connectivity index (χ2n) is 3.83. The van der Waals surface area contributed by atoms with Crippen molar-refractivity contribution >= 4 is 27.5 Å². The molecule has 0 spiro atoms. The Balaban J connectivity index is 2.84. The average Bonchev–Trinajstić information content (AvgIpc) is 2.37. The lowest BCUT2D eigenvalue weighted by atomic mass is 10.1. The largest absolute Gasteiger partial charge is 0.334 e. The zero-order chi connectivity index (χ0) is 14.2. The molecular formula is C12H9BrClFN2O2. The zero-order valence-corrected chi connectivity index (χ0v) is 12.2. The van der Waals surface area contributed by atoms with Crippen LogP contribution in [0.25, 0.3) is 5.69 Å². The molecule has 0 radical (unpaired) electrons. The van der Waals surface area contributed by atoms with Crippen LogP contribution in [0.15, 0.2) is 32.3 Å². The Kier molecular flexibility index (Phi) is 3.91. The molecule has 4 nitrogen and oxygen atoms in total. The van der Waals surface area contributed by atoms with Crippen LogP contribution in [0.3, 0.4) is 0 Å². The minimum atomic E-state index is -1.17. The van der Waals surface area contributed by atoms with Crippen molar-refractivity contribution in [2.45, 2.75) is 13.3 Å². The average molecular weight is 348 g/mol. The maximum absolute atomic E-state index is 13.5. The second kappa shape index (κ2) is 5.30. The summed E-state index contributed by atoms with van der Waals surface area (Å²) in [5.41, 5.74) is -0.754. The van der Waals surface area contributed by atoms with Crippen LogP contribution in [0.5, 0.6) is 0 Å². The van der Waals surface area contributed by atoms with Gasteiger partial charge in [-0.1, -0.05) is 34.5 Å². The summed E-state index contributed by atoms with van der Waals surface area (Å²) in [5.74, 6) is -1.17. The Hall–Kier alpha value is -1.40. The van der Waals surface area contributed by atoms with Crippen molar-refractivity contribution in [3.63, 3.8) is 0 Å². The third kappa shape index (κ3) is 2.50. The first-order valence-corrected chi connectivity index (χ1v) is 6.62. The molecule has 0 aliphatic heterocycles. The van der Waals surface area contributed by atoms with Gasteiger partial charge in [0.05, 0.1) is 5.69 Å². The van der Waals surface area contributed by atoms with E-state index in [1.165, 1.54) is 0 Å². The van der Waals surface area contributed by atoms with E-state index in [0.29, 0.717) is 12.1 Å².